The lowest BCUT2D eigenvalue weighted by atomic mass is 10.0. The van der Waals surface area contributed by atoms with Gasteiger partial charge in [-0.1, -0.05) is 5.16 Å². The molecule has 3 atom stereocenters. The Morgan fingerprint density at radius 1 is 1.46 bits per heavy atom. The van der Waals surface area contributed by atoms with Gasteiger partial charge in [0, 0.05) is 10.6 Å². The normalized spacial score (nSPS) is 24.4. The SMILES string of the molecule is CC(C)O/N=C(/C(=O)NC1C(=O)N2C(C(=O)O)=CC(C)SC12)c1csc(N)n1. The first-order chi connectivity index (χ1) is 13.2. The van der Waals surface area contributed by atoms with Crippen molar-refractivity contribution < 1.29 is 24.3 Å². The van der Waals surface area contributed by atoms with E-state index >= 15 is 0 Å². The molecule has 10 nitrogen and oxygen atoms in total. The maximum atomic E-state index is 12.8. The Morgan fingerprint density at radius 3 is 2.75 bits per heavy atom. The van der Waals surface area contributed by atoms with E-state index in [2.05, 4.69) is 15.5 Å². The lowest BCUT2D eigenvalue weighted by Crippen LogP contribution is -2.71. The summed E-state index contributed by atoms with van der Waals surface area (Å²) in [6.07, 6.45) is 1.25. The van der Waals surface area contributed by atoms with Crippen molar-refractivity contribution in [1.82, 2.24) is 15.2 Å². The molecule has 0 saturated carbocycles. The summed E-state index contributed by atoms with van der Waals surface area (Å²) >= 11 is 2.53. The molecule has 1 aromatic heterocycles. The molecule has 3 unspecified atom stereocenters. The molecule has 0 spiro atoms. The Hall–Kier alpha value is -2.60. The molecule has 1 aromatic rings. The highest BCUT2D eigenvalue weighted by atomic mass is 32.2. The van der Waals surface area contributed by atoms with Crippen molar-refractivity contribution in [3.63, 3.8) is 0 Å². The van der Waals surface area contributed by atoms with E-state index in [4.69, 9.17) is 10.6 Å². The standard InChI is InChI=1S/C16H19N5O5S2/c1-6(2)26-20-10(8-5-27-16(17)18-8)12(22)19-11-13(23)21-9(15(24)25)4-7(3)28-14(11)21/h4-7,11,14H,1-3H3,(H2,17,18)(H,19,22)(H,24,25)/b20-10+. The van der Waals surface area contributed by atoms with Gasteiger partial charge in [-0.3, -0.25) is 14.5 Å². The highest BCUT2D eigenvalue weighted by Crippen LogP contribution is 2.40. The minimum Gasteiger partial charge on any atom is -0.477 e. The molecule has 2 aliphatic heterocycles. The number of nitrogens with two attached hydrogens (primary N) is 1. The topological polar surface area (TPSA) is 147 Å². The second kappa shape index (κ2) is 7.80. The van der Waals surface area contributed by atoms with E-state index < -0.39 is 29.2 Å². The van der Waals surface area contributed by atoms with Crippen LogP contribution in [0.4, 0.5) is 5.13 Å². The molecule has 1 saturated heterocycles. The molecule has 1 fully saturated rings. The van der Waals surface area contributed by atoms with E-state index in [1.54, 1.807) is 19.2 Å². The number of rotatable bonds is 6. The molecular weight excluding hydrogens is 406 g/mol. The Kier molecular flexibility index (Phi) is 5.61. The number of hydrogen-bond acceptors (Lipinski definition) is 9. The molecular formula is C16H19N5O5S2. The fourth-order valence-electron chi connectivity index (χ4n) is 2.70. The number of thioether (sulfide) groups is 1. The van der Waals surface area contributed by atoms with Crippen molar-refractivity contribution in [2.75, 3.05) is 5.73 Å². The van der Waals surface area contributed by atoms with E-state index in [9.17, 15) is 19.5 Å². The average Bonchev–Trinajstić information content (AvgIpc) is 3.04. The van der Waals surface area contributed by atoms with Crippen molar-refractivity contribution in [3.05, 3.63) is 22.8 Å². The van der Waals surface area contributed by atoms with Crippen LogP contribution in [0.3, 0.4) is 0 Å². The fraction of sp³-hybridized carbons (Fsp3) is 0.438. The molecule has 28 heavy (non-hydrogen) atoms. The maximum absolute atomic E-state index is 12.8. The van der Waals surface area contributed by atoms with Gasteiger partial charge in [0.2, 0.25) is 0 Å². The number of aromatic nitrogens is 1. The molecule has 2 aliphatic rings. The number of oxime groups is 1. The molecule has 3 rings (SSSR count). The Bertz CT molecular complexity index is 881. The molecule has 150 valence electrons. The van der Waals surface area contributed by atoms with E-state index in [1.165, 1.54) is 22.7 Å². The smallest absolute Gasteiger partial charge is 0.352 e. The quantitative estimate of drug-likeness (QED) is 0.341. The van der Waals surface area contributed by atoms with E-state index in [0.717, 1.165) is 11.3 Å². The van der Waals surface area contributed by atoms with Gasteiger partial charge in [-0.15, -0.1) is 23.1 Å². The number of carboxylic acids is 1. The third kappa shape index (κ3) is 3.83. The Morgan fingerprint density at radius 2 is 2.18 bits per heavy atom. The number of nitrogens with zero attached hydrogens (tertiary/aromatic N) is 3. The minimum absolute atomic E-state index is 0.0731. The molecule has 12 heteroatoms. The zero-order valence-corrected chi connectivity index (χ0v) is 16.9. The van der Waals surface area contributed by atoms with E-state index in [0.29, 0.717) is 0 Å². The van der Waals surface area contributed by atoms with Gasteiger partial charge >= 0.3 is 5.97 Å². The minimum atomic E-state index is -1.18. The maximum Gasteiger partial charge on any atom is 0.352 e. The monoisotopic (exact) mass is 425 g/mol. The molecule has 0 bridgehead atoms. The van der Waals surface area contributed by atoms with E-state index in [-0.39, 0.29) is 33.6 Å². The first-order valence-corrected chi connectivity index (χ1v) is 10.2. The summed E-state index contributed by atoms with van der Waals surface area (Å²) in [4.78, 5) is 47.1. The summed E-state index contributed by atoms with van der Waals surface area (Å²) in [5.74, 6) is -2.32. The number of nitrogens with one attached hydrogen (secondary N) is 1. The van der Waals surface area contributed by atoms with Crippen LogP contribution in [0.25, 0.3) is 0 Å². The zero-order chi connectivity index (χ0) is 20.6. The first-order valence-electron chi connectivity index (χ1n) is 8.38. The summed E-state index contributed by atoms with van der Waals surface area (Å²) in [6.45, 7) is 5.33. The van der Waals surface area contributed by atoms with Crippen LogP contribution in [0, 0.1) is 0 Å². The van der Waals surface area contributed by atoms with Gasteiger partial charge in [-0.2, -0.15) is 0 Å². The highest BCUT2D eigenvalue weighted by Gasteiger charge is 2.54. The number of carbonyl (C=O) groups excluding carboxylic acids is 2. The van der Waals surface area contributed by atoms with Crippen molar-refractivity contribution in [3.8, 4) is 0 Å². The number of fused-ring (bicyclic) bond motifs is 1. The second-order valence-corrected chi connectivity index (χ2v) is 8.80. The van der Waals surface area contributed by atoms with Crippen molar-refractivity contribution in [2.45, 2.75) is 43.5 Å². The molecule has 0 aliphatic carbocycles. The largest absolute Gasteiger partial charge is 0.477 e. The number of anilines is 1. The van der Waals surface area contributed by atoms with Gasteiger partial charge in [-0.05, 0) is 26.8 Å². The Balaban J connectivity index is 1.79. The molecule has 0 radical (unpaired) electrons. The van der Waals surface area contributed by atoms with Crippen LogP contribution in [0.15, 0.2) is 22.3 Å². The Labute approximate surface area is 168 Å². The lowest BCUT2D eigenvalue weighted by molar-refractivity contribution is -0.150. The van der Waals surface area contributed by atoms with Gasteiger partial charge in [-0.25, -0.2) is 9.78 Å². The van der Waals surface area contributed by atoms with E-state index in [1.807, 2.05) is 6.92 Å². The van der Waals surface area contributed by atoms with Gasteiger partial charge in [0.05, 0.1) is 0 Å². The number of nitrogen functional groups attached to an aromatic ring is 1. The lowest BCUT2D eigenvalue weighted by Gasteiger charge is -2.49. The van der Waals surface area contributed by atoms with Crippen LogP contribution >= 0.6 is 23.1 Å². The predicted octanol–water partition coefficient (Wildman–Crippen LogP) is 0.611. The highest BCUT2D eigenvalue weighted by molar-refractivity contribution is 8.00. The van der Waals surface area contributed by atoms with Gasteiger partial charge in [0.15, 0.2) is 10.8 Å². The van der Waals surface area contributed by atoms with Crippen molar-refractivity contribution in [1.29, 1.82) is 0 Å². The van der Waals surface area contributed by atoms with Crippen molar-refractivity contribution >= 4 is 51.7 Å². The van der Waals surface area contributed by atoms with Crippen molar-refractivity contribution in [2.24, 2.45) is 5.16 Å². The summed E-state index contributed by atoms with van der Waals surface area (Å²) in [5, 5.41) is 17.0. The molecule has 0 aromatic carbocycles. The first kappa shape index (κ1) is 20.1. The number of carbonyl (C=O) groups is 3. The third-order valence-electron chi connectivity index (χ3n) is 3.89. The summed E-state index contributed by atoms with van der Waals surface area (Å²) in [6, 6.07) is -0.872. The van der Waals surface area contributed by atoms with Crippen LogP contribution in [0.2, 0.25) is 0 Å². The van der Waals surface area contributed by atoms with Crippen LogP contribution < -0.4 is 11.1 Å². The predicted molar refractivity (Wildman–Crippen MR) is 105 cm³/mol. The van der Waals surface area contributed by atoms with Crippen LogP contribution in [0.5, 0.6) is 0 Å². The van der Waals surface area contributed by atoms with Crippen LogP contribution in [-0.2, 0) is 19.2 Å². The van der Waals surface area contributed by atoms with Crippen LogP contribution in [-0.4, -0.2) is 61.3 Å². The number of thiazole rings is 1. The van der Waals surface area contributed by atoms with Gasteiger partial charge < -0.3 is 21.0 Å². The number of carboxylic acid groups (broad SMARTS) is 1. The number of hydrogen-bond donors (Lipinski definition) is 3. The summed E-state index contributed by atoms with van der Waals surface area (Å²) in [5.41, 5.74) is 5.70. The molecule has 3 heterocycles. The average molecular weight is 425 g/mol. The van der Waals surface area contributed by atoms with Crippen LogP contribution in [0.1, 0.15) is 26.5 Å². The number of β-lactam (4-membered cyclic amide) rings is 1. The summed E-state index contributed by atoms with van der Waals surface area (Å²) in [7, 11) is 0. The second-order valence-electron chi connectivity index (χ2n) is 6.41. The fourth-order valence-corrected chi connectivity index (χ4v) is 4.57. The van der Waals surface area contributed by atoms with Gasteiger partial charge in [0.1, 0.15) is 28.9 Å². The third-order valence-corrected chi connectivity index (χ3v) is 5.89. The zero-order valence-electron chi connectivity index (χ0n) is 15.3. The molecule has 2 amide bonds. The summed E-state index contributed by atoms with van der Waals surface area (Å²) < 4.78 is 0. The number of aliphatic carboxylic acids is 1. The molecule has 4 N–H and O–H groups in total. The van der Waals surface area contributed by atoms with Gasteiger partial charge in [0.25, 0.3) is 11.8 Å². The number of amides is 2.